The van der Waals surface area contributed by atoms with E-state index in [0.717, 1.165) is 0 Å². The molecule has 0 heteroatoms. The molecular formula is C40H32. The lowest BCUT2D eigenvalue weighted by Gasteiger charge is -2.35. The first-order valence-electron chi connectivity index (χ1n) is 14.6. The summed E-state index contributed by atoms with van der Waals surface area (Å²) in [4.78, 5) is 0. The van der Waals surface area contributed by atoms with Crippen LogP contribution in [0.15, 0.2) is 163 Å². The number of fused-ring (bicyclic) bond motifs is 4. The van der Waals surface area contributed by atoms with E-state index in [-0.39, 0.29) is 0 Å². The van der Waals surface area contributed by atoms with Gasteiger partial charge in [-0.1, -0.05) is 158 Å². The number of allylic oxidation sites excluding steroid dienone is 20. The molecule has 0 heterocycles. The molecule has 0 nitrogen and oxygen atoms in total. The molecule has 6 atom stereocenters. The van der Waals surface area contributed by atoms with Crippen molar-refractivity contribution in [2.24, 2.45) is 35.5 Å². The fourth-order valence-electron chi connectivity index (χ4n) is 7.34. The number of hydrogen-bond acceptors (Lipinski definition) is 0. The molecule has 6 unspecified atom stereocenters. The molecule has 0 bridgehead atoms. The van der Waals surface area contributed by atoms with Gasteiger partial charge in [0, 0.05) is 35.5 Å². The van der Waals surface area contributed by atoms with Crippen LogP contribution in [0.5, 0.6) is 0 Å². The largest absolute Gasteiger partial charge is 0.0767 e. The van der Waals surface area contributed by atoms with Gasteiger partial charge in [-0.2, -0.15) is 0 Å². The number of benzene rings is 2. The quantitative estimate of drug-likeness (QED) is 0.398. The maximum Gasteiger partial charge on any atom is 0.0137 e. The molecule has 0 amide bonds. The van der Waals surface area contributed by atoms with Crippen LogP contribution < -0.4 is 10.4 Å². The summed E-state index contributed by atoms with van der Waals surface area (Å²) < 4.78 is 0. The molecule has 0 N–H and O–H groups in total. The van der Waals surface area contributed by atoms with Crippen LogP contribution in [-0.4, -0.2) is 0 Å². The van der Waals surface area contributed by atoms with E-state index in [2.05, 4.69) is 158 Å². The smallest absolute Gasteiger partial charge is 0.0137 e. The molecule has 192 valence electrons. The Labute approximate surface area is 236 Å². The zero-order chi connectivity index (χ0) is 26.5. The minimum atomic E-state index is 0.309. The molecule has 8 rings (SSSR count). The van der Waals surface area contributed by atoms with Gasteiger partial charge in [-0.3, -0.25) is 0 Å². The topological polar surface area (TPSA) is 0 Å². The number of hydrogen-bond donors (Lipinski definition) is 0. The van der Waals surface area contributed by atoms with Crippen molar-refractivity contribution in [1.29, 1.82) is 0 Å². The molecule has 0 spiro atoms. The maximum absolute atomic E-state index is 2.49. The lowest BCUT2D eigenvalue weighted by Crippen LogP contribution is -2.40. The summed E-state index contributed by atoms with van der Waals surface area (Å²) >= 11 is 0. The Morgan fingerprint density at radius 2 is 0.850 bits per heavy atom. The lowest BCUT2D eigenvalue weighted by molar-refractivity contribution is 0.648. The fourth-order valence-corrected chi connectivity index (χ4v) is 7.34. The summed E-state index contributed by atoms with van der Waals surface area (Å²) in [5.74, 6) is 2.47. The minimum Gasteiger partial charge on any atom is -0.0767 e. The van der Waals surface area contributed by atoms with E-state index in [4.69, 9.17) is 0 Å². The van der Waals surface area contributed by atoms with Crippen molar-refractivity contribution < 1.29 is 0 Å². The number of rotatable bonds is 3. The Morgan fingerprint density at radius 1 is 0.375 bits per heavy atom. The van der Waals surface area contributed by atoms with Crippen LogP contribution in [0.25, 0.3) is 16.7 Å². The van der Waals surface area contributed by atoms with Gasteiger partial charge in [-0.15, -0.1) is 0 Å². The first kappa shape index (κ1) is 23.5. The molecule has 0 saturated heterocycles. The molecule has 0 saturated carbocycles. The summed E-state index contributed by atoms with van der Waals surface area (Å²) in [5.41, 5.74) is 8.19. The zero-order valence-corrected chi connectivity index (χ0v) is 22.5. The van der Waals surface area contributed by atoms with Crippen molar-refractivity contribution in [2.45, 2.75) is 0 Å². The van der Waals surface area contributed by atoms with Gasteiger partial charge in [-0.05, 0) is 43.9 Å². The molecule has 0 radical (unpaired) electrons. The lowest BCUT2D eigenvalue weighted by atomic mass is 9.68. The summed E-state index contributed by atoms with van der Waals surface area (Å²) in [6.45, 7) is 0. The second-order valence-corrected chi connectivity index (χ2v) is 11.6. The second kappa shape index (κ2) is 9.65. The van der Waals surface area contributed by atoms with Crippen molar-refractivity contribution in [1.82, 2.24) is 0 Å². The average Bonchev–Trinajstić information content (AvgIpc) is 3.03. The van der Waals surface area contributed by atoms with E-state index >= 15 is 0 Å². The van der Waals surface area contributed by atoms with Crippen molar-refractivity contribution in [3.05, 3.63) is 185 Å². The van der Waals surface area contributed by atoms with Crippen LogP contribution in [0.1, 0.15) is 11.1 Å². The van der Waals surface area contributed by atoms with Gasteiger partial charge in [0.05, 0.1) is 0 Å². The molecule has 6 aliphatic carbocycles. The van der Waals surface area contributed by atoms with Gasteiger partial charge in [0.2, 0.25) is 0 Å². The monoisotopic (exact) mass is 512 g/mol. The maximum atomic E-state index is 2.49. The first-order valence-corrected chi connectivity index (χ1v) is 14.6. The minimum absolute atomic E-state index is 0.309. The highest BCUT2D eigenvalue weighted by atomic mass is 14.4. The van der Waals surface area contributed by atoms with Gasteiger partial charge < -0.3 is 0 Å². The Morgan fingerprint density at radius 3 is 1.50 bits per heavy atom. The van der Waals surface area contributed by atoms with Crippen LogP contribution in [0.3, 0.4) is 0 Å². The predicted octanol–water partition coefficient (Wildman–Crippen LogP) is 7.57. The van der Waals surface area contributed by atoms with Gasteiger partial charge in [0.25, 0.3) is 0 Å². The van der Waals surface area contributed by atoms with Crippen LogP contribution in [-0.2, 0) is 0 Å². The van der Waals surface area contributed by atoms with Gasteiger partial charge in [0.15, 0.2) is 0 Å². The van der Waals surface area contributed by atoms with Crippen molar-refractivity contribution in [3.8, 4) is 0 Å². The molecular weight excluding hydrogens is 480 g/mol. The Balaban J connectivity index is 1.25. The molecule has 0 fully saturated rings. The Hall–Kier alpha value is -4.42. The fraction of sp³-hybridized carbons (Fsp3) is 0.150. The summed E-state index contributed by atoms with van der Waals surface area (Å²) in [5, 5.41) is 2.73. The standard InChI is InChI=1S/C40H32/c1-3-11-31-25-33(23-19-27(31)9-1)29-17-21-30(22-18-29)39-35-13-5-7-15-37(35)40(38-16-8-6-14-36(38)39)34-24-20-28-10-2-4-12-32(28)26-34/h1-28,31-32,35,37H. The highest BCUT2D eigenvalue weighted by Gasteiger charge is 2.33. The summed E-state index contributed by atoms with van der Waals surface area (Å²) in [7, 11) is 0. The molecule has 6 aliphatic rings. The van der Waals surface area contributed by atoms with Crippen molar-refractivity contribution >= 4 is 16.7 Å². The highest BCUT2D eigenvalue weighted by molar-refractivity contribution is 5.83. The SMILES string of the molecule is C1=CC2C=CC(C3=c4ccccc4=C(c4ccc(C5=CC6C=CC=CC6C=C5)cc4)C4C=CC=CC34)=CC2C=C1. The van der Waals surface area contributed by atoms with E-state index in [1.165, 1.54) is 43.9 Å². The third-order valence-electron chi connectivity index (χ3n) is 9.33. The van der Waals surface area contributed by atoms with Crippen LogP contribution in [0.4, 0.5) is 0 Å². The normalized spacial score (nSPS) is 30.4. The van der Waals surface area contributed by atoms with Crippen molar-refractivity contribution in [2.75, 3.05) is 0 Å². The zero-order valence-electron chi connectivity index (χ0n) is 22.5. The predicted molar refractivity (Wildman–Crippen MR) is 168 cm³/mol. The van der Waals surface area contributed by atoms with E-state index in [1.807, 2.05) is 0 Å². The summed E-state index contributed by atoms with van der Waals surface area (Å²) in [6, 6.07) is 18.4. The Bertz CT molecular complexity index is 1800. The van der Waals surface area contributed by atoms with Crippen LogP contribution in [0, 0.1) is 35.5 Å². The van der Waals surface area contributed by atoms with Crippen molar-refractivity contribution in [3.63, 3.8) is 0 Å². The third-order valence-corrected chi connectivity index (χ3v) is 9.33. The van der Waals surface area contributed by atoms with Crippen LogP contribution >= 0.6 is 0 Å². The van der Waals surface area contributed by atoms with Gasteiger partial charge >= 0.3 is 0 Å². The molecule has 0 aromatic heterocycles. The van der Waals surface area contributed by atoms with E-state index in [1.54, 1.807) is 0 Å². The van der Waals surface area contributed by atoms with E-state index < -0.39 is 0 Å². The van der Waals surface area contributed by atoms with Crippen LogP contribution in [0.2, 0.25) is 0 Å². The average molecular weight is 513 g/mol. The molecule has 40 heavy (non-hydrogen) atoms. The highest BCUT2D eigenvalue weighted by Crippen LogP contribution is 2.43. The van der Waals surface area contributed by atoms with E-state index in [0.29, 0.717) is 35.5 Å². The molecule has 2 aromatic rings. The Kier molecular flexibility index (Phi) is 5.66. The third kappa shape index (κ3) is 3.90. The second-order valence-electron chi connectivity index (χ2n) is 11.6. The first-order chi connectivity index (χ1) is 19.8. The summed E-state index contributed by atoms with van der Waals surface area (Å²) in [6.07, 6.45) is 41.6. The van der Waals surface area contributed by atoms with Gasteiger partial charge in [-0.25, -0.2) is 0 Å². The molecule has 0 aliphatic heterocycles. The molecule has 2 aromatic carbocycles. The van der Waals surface area contributed by atoms with E-state index in [9.17, 15) is 0 Å². The van der Waals surface area contributed by atoms with Gasteiger partial charge in [0.1, 0.15) is 0 Å².